The molecule has 170 valence electrons. The first-order chi connectivity index (χ1) is 15.7. The van der Waals surface area contributed by atoms with Crippen LogP contribution in [-0.4, -0.2) is 47.1 Å². The summed E-state index contributed by atoms with van der Waals surface area (Å²) in [5.41, 5.74) is 3.37. The second-order valence-electron chi connectivity index (χ2n) is 8.67. The van der Waals surface area contributed by atoms with Crippen molar-refractivity contribution in [3.63, 3.8) is 0 Å². The van der Waals surface area contributed by atoms with Crippen LogP contribution in [-0.2, 0) is 17.9 Å². The van der Waals surface area contributed by atoms with E-state index in [1.807, 2.05) is 18.2 Å². The van der Waals surface area contributed by atoms with Gasteiger partial charge in [-0.2, -0.15) is 0 Å². The number of nitrogens with zero attached hydrogens (tertiary/aromatic N) is 3. The van der Waals surface area contributed by atoms with Gasteiger partial charge >= 0.3 is 0 Å². The topological polar surface area (TPSA) is 59.4 Å². The smallest absolute Gasteiger partial charge is 0.224 e. The molecular formula is C26H34N4O2. The number of ether oxygens (including phenoxy) is 1. The highest BCUT2D eigenvalue weighted by atomic mass is 16.5. The predicted octanol–water partition coefficient (Wildman–Crippen LogP) is 4.22. The fourth-order valence-electron chi connectivity index (χ4n) is 4.48. The Morgan fingerprint density at radius 3 is 2.75 bits per heavy atom. The number of hydrogen-bond donors (Lipinski definition) is 1. The van der Waals surface area contributed by atoms with Gasteiger partial charge in [0.15, 0.2) is 0 Å². The minimum Gasteiger partial charge on any atom is -0.497 e. The molecule has 6 nitrogen and oxygen atoms in total. The van der Waals surface area contributed by atoms with E-state index in [-0.39, 0.29) is 11.8 Å². The van der Waals surface area contributed by atoms with E-state index < -0.39 is 0 Å². The number of carbonyl (C=O) groups is 1. The monoisotopic (exact) mass is 434 g/mol. The summed E-state index contributed by atoms with van der Waals surface area (Å²) in [5, 5.41) is 3.12. The lowest BCUT2D eigenvalue weighted by atomic mass is 9.97. The molecule has 4 rings (SSSR count). The number of methoxy groups -OCH3 is 1. The summed E-state index contributed by atoms with van der Waals surface area (Å²) < 4.78 is 7.61. The maximum absolute atomic E-state index is 12.6. The third-order valence-electron chi connectivity index (χ3n) is 6.30. The number of amides is 1. The van der Waals surface area contributed by atoms with Crippen LogP contribution in [0.4, 0.5) is 0 Å². The number of carbonyl (C=O) groups excluding carboxylic acids is 1. The van der Waals surface area contributed by atoms with Crippen molar-refractivity contribution in [2.75, 3.05) is 26.7 Å². The zero-order chi connectivity index (χ0) is 22.3. The molecule has 1 atom stereocenters. The predicted molar refractivity (Wildman–Crippen MR) is 128 cm³/mol. The lowest BCUT2D eigenvalue weighted by Crippen LogP contribution is -2.43. The highest BCUT2D eigenvalue weighted by Crippen LogP contribution is 2.23. The van der Waals surface area contributed by atoms with Crippen molar-refractivity contribution < 1.29 is 9.53 Å². The molecule has 2 heterocycles. The minimum atomic E-state index is 0.0695. The first kappa shape index (κ1) is 22.3. The third kappa shape index (κ3) is 5.30. The molecule has 0 saturated carbocycles. The van der Waals surface area contributed by atoms with Gasteiger partial charge in [-0.15, -0.1) is 0 Å². The van der Waals surface area contributed by atoms with Crippen molar-refractivity contribution in [1.29, 1.82) is 0 Å². The molecule has 2 aromatic carbocycles. The number of nitrogens with one attached hydrogen (secondary N) is 1. The average molecular weight is 435 g/mol. The van der Waals surface area contributed by atoms with Gasteiger partial charge in [0.05, 0.1) is 30.6 Å². The van der Waals surface area contributed by atoms with Crippen LogP contribution < -0.4 is 10.1 Å². The molecule has 6 heteroatoms. The van der Waals surface area contributed by atoms with Crippen molar-refractivity contribution in [2.45, 2.75) is 45.7 Å². The van der Waals surface area contributed by atoms with E-state index >= 15 is 0 Å². The average Bonchev–Trinajstić information content (AvgIpc) is 3.16. The molecule has 1 N–H and O–H groups in total. The van der Waals surface area contributed by atoms with Crippen molar-refractivity contribution >= 4 is 16.9 Å². The van der Waals surface area contributed by atoms with Crippen molar-refractivity contribution in [2.24, 2.45) is 5.92 Å². The molecule has 1 aliphatic rings. The van der Waals surface area contributed by atoms with Crippen LogP contribution in [0.5, 0.6) is 5.75 Å². The maximum Gasteiger partial charge on any atom is 0.224 e. The molecule has 0 radical (unpaired) electrons. The van der Waals surface area contributed by atoms with E-state index in [2.05, 4.69) is 52.0 Å². The van der Waals surface area contributed by atoms with E-state index in [0.717, 1.165) is 81.0 Å². The molecule has 0 spiro atoms. The van der Waals surface area contributed by atoms with Gasteiger partial charge in [-0.05, 0) is 55.6 Å². The molecule has 1 fully saturated rings. The summed E-state index contributed by atoms with van der Waals surface area (Å²) >= 11 is 0. The Balaban J connectivity index is 1.50. The number of fused-ring (bicyclic) bond motifs is 1. The van der Waals surface area contributed by atoms with Crippen LogP contribution in [0.25, 0.3) is 11.0 Å². The fourth-order valence-corrected chi connectivity index (χ4v) is 4.48. The van der Waals surface area contributed by atoms with Crippen LogP contribution >= 0.6 is 0 Å². The molecule has 0 unspecified atom stereocenters. The lowest BCUT2D eigenvalue weighted by Gasteiger charge is -2.31. The van der Waals surface area contributed by atoms with Crippen LogP contribution in [0.1, 0.15) is 44.0 Å². The first-order valence-electron chi connectivity index (χ1n) is 11.7. The summed E-state index contributed by atoms with van der Waals surface area (Å²) in [6.07, 6.45) is 4.15. The van der Waals surface area contributed by atoms with Crippen LogP contribution in [0.2, 0.25) is 0 Å². The summed E-state index contributed by atoms with van der Waals surface area (Å²) in [7, 11) is 1.69. The van der Waals surface area contributed by atoms with Crippen molar-refractivity contribution in [3.05, 3.63) is 59.9 Å². The van der Waals surface area contributed by atoms with E-state index in [1.54, 1.807) is 7.11 Å². The van der Waals surface area contributed by atoms with Gasteiger partial charge < -0.3 is 14.6 Å². The molecular weight excluding hydrogens is 400 g/mol. The standard InChI is InChI=1S/C26H34N4O2/c1-3-4-15-27-26(31)21-8-7-16-29(18-21)19-25-28-23-9-5-6-10-24(23)30(25)17-20-11-13-22(32-2)14-12-20/h5-6,9-14,21H,3-4,7-8,15-19H2,1-2H3,(H,27,31)/t21-/m0/s1. The maximum atomic E-state index is 12.6. The number of benzene rings is 2. The van der Waals surface area contributed by atoms with Gasteiger partial charge in [0.1, 0.15) is 11.6 Å². The van der Waals surface area contributed by atoms with Gasteiger partial charge in [0, 0.05) is 19.6 Å². The van der Waals surface area contributed by atoms with E-state index in [0.29, 0.717) is 0 Å². The first-order valence-corrected chi connectivity index (χ1v) is 11.7. The fraction of sp³-hybridized carbons (Fsp3) is 0.462. The summed E-state index contributed by atoms with van der Waals surface area (Å²) in [5.74, 6) is 2.19. The Morgan fingerprint density at radius 2 is 1.97 bits per heavy atom. The molecule has 3 aromatic rings. The van der Waals surface area contributed by atoms with Crippen molar-refractivity contribution in [3.8, 4) is 5.75 Å². The largest absolute Gasteiger partial charge is 0.497 e. The molecule has 0 bridgehead atoms. The Labute approximate surface area is 190 Å². The highest BCUT2D eigenvalue weighted by molar-refractivity contribution is 5.79. The molecule has 1 amide bonds. The van der Waals surface area contributed by atoms with Crippen LogP contribution in [0.3, 0.4) is 0 Å². The number of rotatable bonds is 9. The molecule has 32 heavy (non-hydrogen) atoms. The number of hydrogen-bond acceptors (Lipinski definition) is 4. The van der Waals surface area contributed by atoms with Gasteiger partial charge in [-0.25, -0.2) is 4.98 Å². The number of piperidine rings is 1. The van der Waals surface area contributed by atoms with Gasteiger partial charge in [-0.3, -0.25) is 9.69 Å². The minimum absolute atomic E-state index is 0.0695. The summed E-state index contributed by atoms with van der Waals surface area (Å²) in [6.45, 7) is 6.24. The molecule has 1 aromatic heterocycles. The Bertz CT molecular complexity index is 1030. The Hall–Kier alpha value is -2.86. The SMILES string of the molecule is CCCCNC(=O)[C@H]1CCCN(Cc2nc3ccccc3n2Cc2ccc(OC)cc2)C1. The van der Waals surface area contributed by atoms with E-state index in [1.165, 1.54) is 5.56 Å². The summed E-state index contributed by atoms with van der Waals surface area (Å²) in [4.78, 5) is 20.0. The van der Waals surface area contributed by atoms with Gasteiger partial charge in [0.2, 0.25) is 5.91 Å². The second kappa shape index (κ2) is 10.6. The third-order valence-corrected chi connectivity index (χ3v) is 6.30. The van der Waals surface area contributed by atoms with Crippen molar-refractivity contribution in [1.82, 2.24) is 19.8 Å². The second-order valence-corrected chi connectivity index (χ2v) is 8.67. The Kier molecular flexibility index (Phi) is 7.43. The number of para-hydroxylation sites is 2. The quantitative estimate of drug-likeness (QED) is 0.512. The number of aromatic nitrogens is 2. The normalized spacial score (nSPS) is 16.9. The van der Waals surface area contributed by atoms with Gasteiger partial charge in [0.25, 0.3) is 0 Å². The molecule has 0 aliphatic carbocycles. The number of imidazole rings is 1. The zero-order valence-corrected chi connectivity index (χ0v) is 19.2. The summed E-state index contributed by atoms with van der Waals surface area (Å²) in [6, 6.07) is 16.5. The number of likely N-dealkylation sites (tertiary alicyclic amines) is 1. The van der Waals surface area contributed by atoms with E-state index in [4.69, 9.17) is 9.72 Å². The van der Waals surface area contributed by atoms with E-state index in [9.17, 15) is 4.79 Å². The highest BCUT2D eigenvalue weighted by Gasteiger charge is 2.26. The number of unbranched alkanes of at least 4 members (excludes halogenated alkanes) is 1. The van der Waals surface area contributed by atoms with Crippen LogP contribution in [0, 0.1) is 5.92 Å². The van der Waals surface area contributed by atoms with Gasteiger partial charge in [-0.1, -0.05) is 37.6 Å². The Morgan fingerprint density at radius 1 is 1.16 bits per heavy atom. The molecule has 1 aliphatic heterocycles. The zero-order valence-electron chi connectivity index (χ0n) is 19.2. The molecule has 1 saturated heterocycles. The van der Waals surface area contributed by atoms with Crippen LogP contribution in [0.15, 0.2) is 48.5 Å². The lowest BCUT2D eigenvalue weighted by molar-refractivity contribution is -0.126.